The average molecular weight is 182 g/mol. The van der Waals surface area contributed by atoms with E-state index in [4.69, 9.17) is 2.74 Å². The number of hydrogen-bond acceptors (Lipinski definition) is 0. The van der Waals surface area contributed by atoms with Gasteiger partial charge in [-0.3, -0.25) is 0 Å². The van der Waals surface area contributed by atoms with E-state index in [0.29, 0.717) is 11.8 Å². The SMILES string of the molecule is [2H]C([2H])(C1CCC2CCCC21)C(C)(C)C. The summed E-state index contributed by atoms with van der Waals surface area (Å²) in [7, 11) is 0. The summed E-state index contributed by atoms with van der Waals surface area (Å²) in [6.45, 7) is 6.15. The third kappa shape index (κ3) is 2.08. The van der Waals surface area contributed by atoms with E-state index in [9.17, 15) is 0 Å². The summed E-state index contributed by atoms with van der Waals surface area (Å²) in [6, 6.07) is 0. The van der Waals surface area contributed by atoms with E-state index in [0.717, 1.165) is 12.3 Å². The van der Waals surface area contributed by atoms with E-state index in [-0.39, 0.29) is 5.41 Å². The second-order valence-corrected chi connectivity index (χ2v) is 5.93. The van der Waals surface area contributed by atoms with Gasteiger partial charge in [-0.1, -0.05) is 33.6 Å². The topological polar surface area (TPSA) is 0 Å². The first-order chi connectivity index (χ1) is 6.84. The Morgan fingerprint density at radius 3 is 2.62 bits per heavy atom. The van der Waals surface area contributed by atoms with Gasteiger partial charge in [-0.15, -0.1) is 0 Å². The molecule has 0 saturated heterocycles. The van der Waals surface area contributed by atoms with Crippen LogP contribution in [0.1, 0.15) is 62.0 Å². The molecule has 2 saturated carbocycles. The second kappa shape index (κ2) is 3.29. The van der Waals surface area contributed by atoms with Gasteiger partial charge in [0.1, 0.15) is 0 Å². The third-order valence-corrected chi connectivity index (χ3v) is 3.70. The smallest absolute Gasteiger partial charge is 0.0275 e. The summed E-state index contributed by atoms with van der Waals surface area (Å²) in [5.41, 5.74) is -0.213. The van der Waals surface area contributed by atoms with Crippen molar-refractivity contribution in [2.24, 2.45) is 23.2 Å². The normalized spacial score (nSPS) is 42.8. The zero-order valence-electron chi connectivity index (χ0n) is 11.3. The predicted octanol–water partition coefficient (Wildman–Crippen LogP) is 4.25. The summed E-state index contributed by atoms with van der Waals surface area (Å²) in [6.07, 6.45) is 5.40. The molecule has 0 spiro atoms. The summed E-state index contributed by atoms with van der Waals surface area (Å²) >= 11 is 0. The molecule has 3 unspecified atom stereocenters. The van der Waals surface area contributed by atoms with Gasteiger partial charge in [-0.05, 0) is 48.8 Å². The minimum Gasteiger partial charge on any atom is -0.0602 e. The highest BCUT2D eigenvalue weighted by Crippen LogP contribution is 2.50. The number of fused-ring (bicyclic) bond motifs is 1. The van der Waals surface area contributed by atoms with Crippen molar-refractivity contribution in [1.29, 1.82) is 0 Å². The average Bonchev–Trinajstić information content (AvgIpc) is 2.58. The molecule has 0 heterocycles. The first-order valence-corrected chi connectivity index (χ1v) is 5.84. The van der Waals surface area contributed by atoms with Gasteiger partial charge in [0.25, 0.3) is 0 Å². The second-order valence-electron chi connectivity index (χ2n) is 5.93. The molecule has 0 bridgehead atoms. The quantitative estimate of drug-likeness (QED) is 0.569. The highest BCUT2D eigenvalue weighted by molar-refractivity contribution is 4.90. The van der Waals surface area contributed by atoms with Gasteiger partial charge in [0.15, 0.2) is 0 Å². The van der Waals surface area contributed by atoms with Crippen molar-refractivity contribution in [3.63, 3.8) is 0 Å². The van der Waals surface area contributed by atoms with Gasteiger partial charge in [-0.2, -0.15) is 0 Å². The largest absolute Gasteiger partial charge is 0.0602 e. The van der Waals surface area contributed by atoms with Crippen LogP contribution in [0.4, 0.5) is 0 Å². The molecule has 0 aliphatic heterocycles. The van der Waals surface area contributed by atoms with Crippen LogP contribution in [-0.4, -0.2) is 0 Å². The van der Waals surface area contributed by atoms with Crippen LogP contribution < -0.4 is 0 Å². The fraction of sp³-hybridized carbons (Fsp3) is 1.00. The molecule has 0 aromatic rings. The van der Waals surface area contributed by atoms with Crippen molar-refractivity contribution < 1.29 is 2.74 Å². The molecule has 3 atom stereocenters. The van der Waals surface area contributed by atoms with Crippen molar-refractivity contribution in [3.8, 4) is 0 Å². The van der Waals surface area contributed by atoms with Gasteiger partial charge in [0, 0.05) is 2.74 Å². The Hall–Kier alpha value is 0. The first-order valence-electron chi connectivity index (χ1n) is 6.84. The van der Waals surface area contributed by atoms with Crippen molar-refractivity contribution in [3.05, 3.63) is 0 Å². The lowest BCUT2D eigenvalue weighted by Gasteiger charge is -2.27. The Labute approximate surface area is 85.9 Å². The zero-order valence-corrected chi connectivity index (χ0v) is 9.27. The molecule has 0 aromatic carbocycles. The van der Waals surface area contributed by atoms with Crippen LogP contribution in [-0.2, 0) is 0 Å². The minimum absolute atomic E-state index is 0.213. The maximum absolute atomic E-state index is 8.39. The van der Waals surface area contributed by atoms with Crippen molar-refractivity contribution in [2.75, 3.05) is 0 Å². The molecule has 2 rings (SSSR count). The maximum atomic E-state index is 8.39. The molecule has 0 N–H and O–H groups in total. The number of rotatable bonds is 1. The highest BCUT2D eigenvalue weighted by Gasteiger charge is 2.39. The lowest BCUT2D eigenvalue weighted by atomic mass is 9.79. The fourth-order valence-electron chi connectivity index (χ4n) is 3.30. The van der Waals surface area contributed by atoms with Crippen molar-refractivity contribution in [2.45, 2.75) is 59.2 Å². The van der Waals surface area contributed by atoms with Gasteiger partial charge in [0.05, 0.1) is 0 Å². The Morgan fingerprint density at radius 1 is 1.15 bits per heavy atom. The standard InChI is InChI=1S/C13H24/c1-13(2,3)9-11-8-7-10-5-4-6-12(10)11/h10-12H,4-9H2,1-3H3/i9D2. The van der Waals surface area contributed by atoms with Crippen molar-refractivity contribution >= 4 is 0 Å². The monoisotopic (exact) mass is 182 g/mol. The van der Waals surface area contributed by atoms with E-state index in [1.807, 2.05) is 0 Å². The summed E-state index contributed by atoms with van der Waals surface area (Å²) < 4.78 is 16.8. The zero-order chi connectivity index (χ0) is 11.3. The molecule has 0 aromatic heterocycles. The van der Waals surface area contributed by atoms with Gasteiger partial charge in [-0.25, -0.2) is 0 Å². The Morgan fingerprint density at radius 2 is 1.92 bits per heavy atom. The predicted molar refractivity (Wildman–Crippen MR) is 57.6 cm³/mol. The first kappa shape index (κ1) is 7.31. The van der Waals surface area contributed by atoms with Crippen LogP contribution in [0, 0.1) is 23.2 Å². The molecule has 2 fully saturated rings. The van der Waals surface area contributed by atoms with Gasteiger partial charge >= 0.3 is 0 Å². The molecule has 2 aliphatic carbocycles. The summed E-state index contributed by atoms with van der Waals surface area (Å²) in [5, 5.41) is 0. The van der Waals surface area contributed by atoms with Gasteiger partial charge in [0.2, 0.25) is 0 Å². The molecule has 2 aliphatic rings. The molecular weight excluding hydrogens is 156 g/mol. The van der Waals surface area contributed by atoms with Crippen molar-refractivity contribution in [1.82, 2.24) is 0 Å². The highest BCUT2D eigenvalue weighted by atomic mass is 14.4. The molecule has 13 heavy (non-hydrogen) atoms. The van der Waals surface area contributed by atoms with Crippen LogP contribution in [0.5, 0.6) is 0 Å². The Balaban J connectivity index is 2.17. The Bertz CT molecular complexity index is 239. The minimum atomic E-state index is -0.989. The lowest BCUT2D eigenvalue weighted by Crippen LogP contribution is -2.17. The molecule has 0 nitrogen and oxygen atoms in total. The van der Waals surface area contributed by atoms with E-state index >= 15 is 0 Å². The van der Waals surface area contributed by atoms with E-state index in [1.54, 1.807) is 0 Å². The molecular formula is C13H24. The van der Waals surface area contributed by atoms with Crippen LogP contribution >= 0.6 is 0 Å². The number of hydrogen-bond donors (Lipinski definition) is 0. The lowest BCUT2D eigenvalue weighted by molar-refractivity contribution is 0.238. The summed E-state index contributed by atoms with van der Waals surface area (Å²) in [5.74, 6) is 1.87. The van der Waals surface area contributed by atoms with Crippen LogP contribution in [0.25, 0.3) is 0 Å². The maximum Gasteiger partial charge on any atom is 0.0275 e. The van der Waals surface area contributed by atoms with Crippen LogP contribution in [0.3, 0.4) is 0 Å². The van der Waals surface area contributed by atoms with E-state index < -0.39 is 6.37 Å². The fourth-order valence-corrected chi connectivity index (χ4v) is 3.30. The van der Waals surface area contributed by atoms with Gasteiger partial charge < -0.3 is 0 Å². The molecule has 0 amide bonds. The van der Waals surface area contributed by atoms with E-state index in [2.05, 4.69) is 20.8 Å². The third-order valence-electron chi connectivity index (χ3n) is 3.70. The summed E-state index contributed by atoms with van der Waals surface area (Å²) in [4.78, 5) is 0. The van der Waals surface area contributed by atoms with Crippen LogP contribution in [0.2, 0.25) is 0 Å². The molecule has 0 radical (unpaired) electrons. The molecule has 0 heteroatoms. The molecule has 76 valence electrons. The Kier molecular flexibility index (Phi) is 1.85. The van der Waals surface area contributed by atoms with E-state index in [1.165, 1.54) is 25.7 Å². The van der Waals surface area contributed by atoms with Crippen LogP contribution in [0.15, 0.2) is 0 Å².